The van der Waals surface area contributed by atoms with Crippen LogP contribution in [-0.2, 0) is 19.1 Å². The average Bonchev–Trinajstić information content (AvgIpc) is 3.52. The summed E-state index contributed by atoms with van der Waals surface area (Å²) in [6.45, 7) is -0.532. The molecule has 2 amide bonds. The molecule has 3 aliphatic rings. The van der Waals surface area contributed by atoms with Gasteiger partial charge in [0.25, 0.3) is 0 Å². The van der Waals surface area contributed by atoms with E-state index in [2.05, 4.69) is 12.1 Å². The van der Waals surface area contributed by atoms with Gasteiger partial charge in [-0.05, 0) is 60.4 Å². The average molecular weight is 498 g/mol. The van der Waals surface area contributed by atoms with Crippen LogP contribution in [0.4, 0.5) is 4.39 Å². The number of hydrogen-bond donors (Lipinski definition) is 0. The molecule has 2 aromatic carbocycles. The Hall–Kier alpha value is -3.06. The van der Waals surface area contributed by atoms with E-state index in [9.17, 15) is 23.6 Å². The van der Waals surface area contributed by atoms with Gasteiger partial charge in [-0.1, -0.05) is 30.3 Å². The number of esters is 1. The lowest BCUT2D eigenvalue weighted by atomic mass is 9.73. The molecule has 35 heavy (non-hydrogen) atoms. The van der Waals surface area contributed by atoms with E-state index in [4.69, 9.17) is 16.3 Å². The smallest absolute Gasteiger partial charge is 0.326 e. The normalized spacial score (nSPS) is 27.7. The minimum Gasteiger partial charge on any atom is -0.453 e. The van der Waals surface area contributed by atoms with Crippen LogP contribution in [0.3, 0.4) is 0 Å². The number of amides is 2. The molecule has 182 valence electrons. The van der Waals surface area contributed by atoms with E-state index in [1.807, 2.05) is 18.2 Å². The van der Waals surface area contributed by atoms with Crippen LogP contribution in [0.15, 0.2) is 54.6 Å². The molecule has 0 unspecified atom stereocenters. The van der Waals surface area contributed by atoms with Crippen molar-refractivity contribution in [2.24, 2.45) is 23.7 Å². The summed E-state index contributed by atoms with van der Waals surface area (Å²) in [4.78, 5) is 52.9. The number of Topliss-reactive ketones (excluding diaryl/α,β-unsaturated/α-hetero) is 1. The molecule has 5 rings (SSSR count). The van der Waals surface area contributed by atoms with E-state index in [0.717, 1.165) is 29.9 Å². The Labute approximate surface area is 207 Å². The van der Waals surface area contributed by atoms with Crippen LogP contribution in [-0.4, -0.2) is 47.0 Å². The molecule has 6 atom stereocenters. The van der Waals surface area contributed by atoms with Crippen LogP contribution in [0.5, 0.6) is 0 Å². The fraction of sp³-hybridized carbons (Fsp3) is 0.407. The highest BCUT2D eigenvalue weighted by Crippen LogP contribution is 2.61. The summed E-state index contributed by atoms with van der Waals surface area (Å²) in [5, 5.41) is 0. The van der Waals surface area contributed by atoms with E-state index < -0.39 is 36.1 Å². The molecule has 0 spiro atoms. The van der Waals surface area contributed by atoms with E-state index >= 15 is 0 Å². The predicted octanol–water partition coefficient (Wildman–Crippen LogP) is 3.97. The highest BCUT2D eigenvalue weighted by molar-refractivity contribution is 6.18. The number of hydrogen-bond acceptors (Lipinski definition) is 5. The Bertz CT molecular complexity index is 1150. The number of imide groups is 1. The summed E-state index contributed by atoms with van der Waals surface area (Å²) in [6.07, 6.45) is 0.571. The molecule has 0 N–H and O–H groups in total. The maximum Gasteiger partial charge on any atom is 0.326 e. The molecule has 3 fully saturated rings. The van der Waals surface area contributed by atoms with Gasteiger partial charge in [0.15, 0.2) is 6.10 Å². The fourth-order valence-corrected chi connectivity index (χ4v) is 6.43. The van der Waals surface area contributed by atoms with Gasteiger partial charge in [-0.3, -0.25) is 24.1 Å². The molecule has 0 aromatic heterocycles. The van der Waals surface area contributed by atoms with Crippen molar-refractivity contribution in [1.29, 1.82) is 0 Å². The van der Waals surface area contributed by atoms with Gasteiger partial charge in [0.05, 0.1) is 11.8 Å². The number of halogens is 2. The van der Waals surface area contributed by atoms with Gasteiger partial charge in [-0.15, -0.1) is 11.6 Å². The number of carbonyl (C=O) groups is 4. The third-order valence-corrected chi connectivity index (χ3v) is 7.91. The monoisotopic (exact) mass is 497 g/mol. The van der Waals surface area contributed by atoms with Crippen LogP contribution in [0.2, 0.25) is 0 Å². The second kappa shape index (κ2) is 9.53. The van der Waals surface area contributed by atoms with Crippen molar-refractivity contribution in [1.82, 2.24) is 4.90 Å². The van der Waals surface area contributed by atoms with Crippen molar-refractivity contribution in [3.8, 4) is 0 Å². The van der Waals surface area contributed by atoms with E-state index in [-0.39, 0.29) is 53.4 Å². The summed E-state index contributed by atoms with van der Waals surface area (Å²) >= 11 is 5.80. The zero-order valence-electron chi connectivity index (χ0n) is 18.9. The van der Waals surface area contributed by atoms with Crippen molar-refractivity contribution in [3.05, 3.63) is 71.5 Å². The van der Waals surface area contributed by atoms with Gasteiger partial charge < -0.3 is 4.74 Å². The van der Waals surface area contributed by atoms with Crippen LogP contribution in [0, 0.1) is 29.5 Å². The lowest BCUT2D eigenvalue weighted by molar-refractivity contribution is -0.155. The number of alkyl halides is 1. The lowest BCUT2D eigenvalue weighted by Gasteiger charge is -2.28. The Morgan fingerprint density at radius 3 is 2.37 bits per heavy atom. The topological polar surface area (TPSA) is 80.8 Å². The molecule has 2 aromatic rings. The zero-order chi connectivity index (χ0) is 24.7. The van der Waals surface area contributed by atoms with E-state index in [0.29, 0.717) is 0 Å². The minimum absolute atomic E-state index is 0.0551. The second-order valence-electron chi connectivity index (χ2n) is 9.55. The summed E-state index contributed by atoms with van der Waals surface area (Å²) in [6, 6.07) is 14.9. The quantitative estimate of drug-likeness (QED) is 0.238. The van der Waals surface area contributed by atoms with Crippen molar-refractivity contribution in [3.63, 3.8) is 0 Å². The minimum atomic E-state index is -1.18. The summed E-state index contributed by atoms with van der Waals surface area (Å²) in [5.74, 6) is -2.83. The van der Waals surface area contributed by atoms with Crippen molar-refractivity contribution >= 4 is 35.2 Å². The van der Waals surface area contributed by atoms with Gasteiger partial charge in [0.1, 0.15) is 12.4 Å². The SMILES string of the molecule is O=C(CN1C(=O)[C@@H]2[C@H]3C[C@H]([C@H]2C1=O)[C@H](c1ccccc1)C3)O[C@@H](CCCl)C(=O)c1ccc(F)cc1. The third kappa shape index (κ3) is 4.27. The molecule has 2 aliphatic carbocycles. The number of ketones is 1. The van der Waals surface area contributed by atoms with Crippen molar-refractivity contribution in [2.75, 3.05) is 12.4 Å². The van der Waals surface area contributed by atoms with Crippen LogP contribution >= 0.6 is 11.6 Å². The molecule has 0 radical (unpaired) electrons. The molecule has 1 heterocycles. The molecular weight excluding hydrogens is 473 g/mol. The number of benzene rings is 2. The summed E-state index contributed by atoms with van der Waals surface area (Å²) in [5.41, 5.74) is 1.36. The first-order valence-electron chi connectivity index (χ1n) is 11.8. The highest BCUT2D eigenvalue weighted by atomic mass is 35.5. The molecule has 1 saturated heterocycles. The number of likely N-dealkylation sites (tertiary alicyclic amines) is 1. The highest BCUT2D eigenvalue weighted by Gasteiger charge is 2.64. The summed E-state index contributed by atoms with van der Waals surface area (Å²) in [7, 11) is 0. The number of fused-ring (bicyclic) bond motifs is 5. The first-order valence-corrected chi connectivity index (χ1v) is 12.4. The first-order chi connectivity index (χ1) is 16.9. The number of nitrogens with zero attached hydrogens (tertiary/aromatic N) is 1. The van der Waals surface area contributed by atoms with E-state index in [1.54, 1.807) is 0 Å². The molecule has 2 bridgehead atoms. The second-order valence-corrected chi connectivity index (χ2v) is 9.93. The summed E-state index contributed by atoms with van der Waals surface area (Å²) < 4.78 is 18.6. The largest absolute Gasteiger partial charge is 0.453 e. The third-order valence-electron chi connectivity index (χ3n) is 7.69. The van der Waals surface area contributed by atoms with Crippen LogP contribution < -0.4 is 0 Å². The van der Waals surface area contributed by atoms with Gasteiger partial charge in [-0.25, -0.2) is 4.39 Å². The number of ether oxygens (including phenoxy) is 1. The predicted molar refractivity (Wildman–Crippen MR) is 125 cm³/mol. The maximum atomic E-state index is 13.3. The molecule has 6 nitrogen and oxygen atoms in total. The van der Waals surface area contributed by atoms with Gasteiger partial charge in [0.2, 0.25) is 17.6 Å². The Kier molecular flexibility index (Phi) is 6.45. The Balaban J connectivity index is 1.27. The Morgan fingerprint density at radius 2 is 1.69 bits per heavy atom. The van der Waals surface area contributed by atoms with Gasteiger partial charge in [-0.2, -0.15) is 0 Å². The van der Waals surface area contributed by atoms with Crippen LogP contribution in [0.1, 0.15) is 41.1 Å². The fourth-order valence-electron chi connectivity index (χ4n) is 6.23. The van der Waals surface area contributed by atoms with Crippen molar-refractivity contribution < 1.29 is 28.3 Å². The first kappa shape index (κ1) is 23.7. The lowest BCUT2D eigenvalue weighted by Crippen LogP contribution is -2.40. The Morgan fingerprint density at radius 1 is 1.00 bits per heavy atom. The number of rotatable bonds is 8. The van der Waals surface area contributed by atoms with Crippen molar-refractivity contribution in [2.45, 2.75) is 31.3 Å². The zero-order valence-corrected chi connectivity index (χ0v) is 19.7. The van der Waals surface area contributed by atoms with Gasteiger partial charge >= 0.3 is 5.97 Å². The number of carbonyl (C=O) groups excluding carboxylic acids is 4. The molecular formula is C27H25ClFNO5. The molecule has 2 saturated carbocycles. The standard InChI is InChI=1S/C27H25ClFNO5/c28-11-10-21(25(32)16-6-8-18(29)9-7-16)35-22(31)14-30-26(33)23-17-12-19(15-4-2-1-3-5-15)20(13-17)24(23)27(30)34/h1-9,17,19-21,23-24H,10-14H2/t17-,19+,20+,21+,23-,24-/m1/s1. The van der Waals surface area contributed by atoms with E-state index in [1.165, 1.54) is 17.7 Å². The molecule has 8 heteroatoms. The maximum absolute atomic E-state index is 13.3. The molecule has 1 aliphatic heterocycles. The van der Waals surface area contributed by atoms with Crippen LogP contribution in [0.25, 0.3) is 0 Å². The van der Waals surface area contributed by atoms with Gasteiger partial charge in [0, 0.05) is 17.9 Å².